The van der Waals surface area contributed by atoms with E-state index in [2.05, 4.69) is 26.0 Å². The second-order valence-electron chi connectivity index (χ2n) is 5.02. The number of nitriles is 1. The van der Waals surface area contributed by atoms with Crippen LogP contribution in [0.3, 0.4) is 0 Å². The molecule has 0 fully saturated rings. The fraction of sp³-hybridized carbons (Fsp3) is 0.0588. The number of hydrogen-bond donors (Lipinski definition) is 0. The highest BCUT2D eigenvalue weighted by atomic mass is 32.1. The minimum absolute atomic E-state index is 0.373. The standard InChI is InChI=1S/C17H10N4O2S/c18-8-11-1-3-12(4-2-11)16-10-24-17(19-16)9-22-13-5-6-14-15(7-13)21-23-20-14/h1-7,10H,9H2. The maximum atomic E-state index is 8.84. The Balaban J connectivity index is 1.47. The number of ether oxygens (including phenoxy) is 1. The lowest BCUT2D eigenvalue weighted by molar-refractivity contribution is 0.305. The van der Waals surface area contributed by atoms with Gasteiger partial charge in [0.05, 0.1) is 17.3 Å². The van der Waals surface area contributed by atoms with Gasteiger partial charge in [-0.1, -0.05) is 12.1 Å². The normalized spacial score (nSPS) is 10.6. The molecule has 0 atom stereocenters. The molecule has 116 valence electrons. The van der Waals surface area contributed by atoms with Crippen LogP contribution in [0.25, 0.3) is 22.3 Å². The van der Waals surface area contributed by atoms with E-state index in [4.69, 9.17) is 10.00 Å². The highest BCUT2D eigenvalue weighted by Gasteiger charge is 2.07. The van der Waals surface area contributed by atoms with Gasteiger partial charge in [-0.3, -0.25) is 0 Å². The maximum absolute atomic E-state index is 8.84. The lowest BCUT2D eigenvalue weighted by Crippen LogP contribution is -1.94. The number of fused-ring (bicyclic) bond motifs is 1. The summed E-state index contributed by atoms with van der Waals surface area (Å²) in [5, 5.41) is 19.2. The molecule has 2 aromatic carbocycles. The van der Waals surface area contributed by atoms with Gasteiger partial charge < -0.3 is 4.74 Å². The Hall–Kier alpha value is -3.24. The SMILES string of the molecule is N#Cc1ccc(-c2csc(COc3ccc4nonc4c3)n2)cc1. The third-order valence-electron chi connectivity index (χ3n) is 3.45. The van der Waals surface area contributed by atoms with E-state index in [9.17, 15) is 0 Å². The van der Waals surface area contributed by atoms with Gasteiger partial charge in [-0.25, -0.2) is 9.61 Å². The van der Waals surface area contributed by atoms with Crippen LogP contribution in [0.5, 0.6) is 5.75 Å². The molecule has 0 N–H and O–H groups in total. The zero-order chi connectivity index (χ0) is 16.4. The van der Waals surface area contributed by atoms with Crippen LogP contribution < -0.4 is 4.74 Å². The summed E-state index contributed by atoms with van der Waals surface area (Å²) in [4.78, 5) is 4.57. The summed E-state index contributed by atoms with van der Waals surface area (Å²) in [5.74, 6) is 0.688. The van der Waals surface area contributed by atoms with Gasteiger partial charge in [-0.2, -0.15) is 5.26 Å². The van der Waals surface area contributed by atoms with Crippen LogP contribution in [-0.4, -0.2) is 15.3 Å². The summed E-state index contributed by atoms with van der Waals surface area (Å²) in [6, 6.07) is 14.9. The first-order chi connectivity index (χ1) is 11.8. The molecule has 24 heavy (non-hydrogen) atoms. The maximum Gasteiger partial charge on any atom is 0.140 e. The molecule has 4 aromatic rings. The first-order valence-corrected chi connectivity index (χ1v) is 8.00. The summed E-state index contributed by atoms with van der Waals surface area (Å²) in [6.07, 6.45) is 0. The molecule has 2 heterocycles. The van der Waals surface area contributed by atoms with Crippen molar-refractivity contribution in [2.45, 2.75) is 6.61 Å². The summed E-state index contributed by atoms with van der Waals surface area (Å²) < 4.78 is 10.4. The first-order valence-electron chi connectivity index (χ1n) is 7.12. The van der Waals surface area contributed by atoms with E-state index in [1.807, 2.05) is 23.6 Å². The number of nitrogens with zero attached hydrogens (tertiary/aromatic N) is 4. The molecule has 0 unspecified atom stereocenters. The Morgan fingerprint density at radius 2 is 1.92 bits per heavy atom. The average molecular weight is 334 g/mol. The van der Waals surface area contributed by atoms with Gasteiger partial charge in [0.15, 0.2) is 0 Å². The number of aromatic nitrogens is 3. The summed E-state index contributed by atoms with van der Waals surface area (Å²) in [6.45, 7) is 0.373. The molecule has 0 saturated carbocycles. The lowest BCUT2D eigenvalue weighted by Gasteiger charge is -2.03. The van der Waals surface area contributed by atoms with Crippen molar-refractivity contribution in [2.24, 2.45) is 0 Å². The van der Waals surface area contributed by atoms with Crippen molar-refractivity contribution in [3.8, 4) is 23.1 Å². The highest BCUT2D eigenvalue weighted by molar-refractivity contribution is 7.09. The van der Waals surface area contributed by atoms with E-state index < -0.39 is 0 Å². The monoisotopic (exact) mass is 334 g/mol. The van der Waals surface area contributed by atoms with Crippen molar-refractivity contribution in [1.29, 1.82) is 5.26 Å². The first kappa shape index (κ1) is 14.4. The Labute approximate surface area is 140 Å². The van der Waals surface area contributed by atoms with Crippen LogP contribution in [0, 0.1) is 11.3 Å². The van der Waals surface area contributed by atoms with Crippen molar-refractivity contribution in [1.82, 2.24) is 15.3 Å². The summed E-state index contributed by atoms with van der Waals surface area (Å²) in [7, 11) is 0. The molecule has 4 rings (SSSR count). The molecule has 0 radical (unpaired) electrons. The van der Waals surface area contributed by atoms with Gasteiger partial charge in [0, 0.05) is 17.0 Å². The van der Waals surface area contributed by atoms with Crippen molar-refractivity contribution in [3.63, 3.8) is 0 Å². The van der Waals surface area contributed by atoms with Gasteiger partial charge in [-0.15, -0.1) is 11.3 Å². The topological polar surface area (TPSA) is 84.8 Å². The Morgan fingerprint density at radius 1 is 1.08 bits per heavy atom. The molecule has 0 bridgehead atoms. The Kier molecular flexibility index (Phi) is 3.65. The van der Waals surface area contributed by atoms with Gasteiger partial charge in [-0.05, 0) is 34.6 Å². The number of thiazole rings is 1. The largest absolute Gasteiger partial charge is 0.486 e. The zero-order valence-corrected chi connectivity index (χ0v) is 13.2. The summed E-state index contributed by atoms with van der Waals surface area (Å²) >= 11 is 1.53. The van der Waals surface area contributed by atoms with Crippen LogP contribution in [0.1, 0.15) is 10.6 Å². The van der Waals surface area contributed by atoms with Crippen LogP contribution in [-0.2, 0) is 6.61 Å². The van der Waals surface area contributed by atoms with Crippen molar-refractivity contribution >= 4 is 22.4 Å². The third-order valence-corrected chi connectivity index (χ3v) is 4.27. The molecule has 0 aliphatic heterocycles. The van der Waals surface area contributed by atoms with Gasteiger partial charge in [0.25, 0.3) is 0 Å². The predicted molar refractivity (Wildman–Crippen MR) is 88.4 cm³/mol. The van der Waals surface area contributed by atoms with Crippen molar-refractivity contribution in [3.05, 3.63) is 58.4 Å². The lowest BCUT2D eigenvalue weighted by atomic mass is 10.1. The average Bonchev–Trinajstić information content (AvgIpc) is 3.29. The van der Waals surface area contributed by atoms with E-state index in [0.29, 0.717) is 29.0 Å². The molecule has 0 aliphatic carbocycles. The number of hydrogen-bond acceptors (Lipinski definition) is 7. The van der Waals surface area contributed by atoms with E-state index in [0.717, 1.165) is 16.3 Å². The van der Waals surface area contributed by atoms with Crippen LogP contribution in [0.2, 0.25) is 0 Å². The minimum atomic E-state index is 0.373. The van der Waals surface area contributed by atoms with E-state index in [1.165, 1.54) is 11.3 Å². The molecule has 0 aliphatic rings. The molecule has 0 amide bonds. The van der Waals surface area contributed by atoms with E-state index in [-0.39, 0.29) is 0 Å². The second-order valence-corrected chi connectivity index (χ2v) is 5.96. The van der Waals surface area contributed by atoms with E-state index >= 15 is 0 Å². The van der Waals surface area contributed by atoms with Gasteiger partial charge in [0.2, 0.25) is 0 Å². The smallest absolute Gasteiger partial charge is 0.140 e. The molecule has 7 heteroatoms. The fourth-order valence-corrected chi connectivity index (χ4v) is 2.94. The van der Waals surface area contributed by atoms with E-state index in [1.54, 1.807) is 24.3 Å². The third kappa shape index (κ3) is 2.83. The van der Waals surface area contributed by atoms with Crippen LogP contribution >= 0.6 is 11.3 Å². The summed E-state index contributed by atoms with van der Waals surface area (Å²) in [5.41, 5.74) is 3.84. The minimum Gasteiger partial charge on any atom is -0.486 e. The predicted octanol–water partition coefficient (Wildman–Crippen LogP) is 3.80. The highest BCUT2D eigenvalue weighted by Crippen LogP contribution is 2.24. The van der Waals surface area contributed by atoms with Crippen LogP contribution in [0.4, 0.5) is 0 Å². The Bertz CT molecular complexity index is 1030. The van der Waals surface area contributed by atoms with Gasteiger partial charge in [0.1, 0.15) is 28.4 Å². The van der Waals surface area contributed by atoms with Gasteiger partial charge >= 0.3 is 0 Å². The molecular weight excluding hydrogens is 324 g/mol. The quantitative estimate of drug-likeness (QED) is 0.564. The van der Waals surface area contributed by atoms with Crippen molar-refractivity contribution < 1.29 is 9.37 Å². The van der Waals surface area contributed by atoms with Crippen molar-refractivity contribution in [2.75, 3.05) is 0 Å². The zero-order valence-electron chi connectivity index (χ0n) is 12.3. The number of benzene rings is 2. The molecule has 6 nitrogen and oxygen atoms in total. The second kappa shape index (κ2) is 6.10. The molecular formula is C17H10N4O2S. The Morgan fingerprint density at radius 3 is 2.75 bits per heavy atom. The molecule has 2 aromatic heterocycles. The molecule has 0 spiro atoms. The van der Waals surface area contributed by atoms with Crippen LogP contribution in [0.15, 0.2) is 52.5 Å². The number of rotatable bonds is 4. The molecule has 0 saturated heterocycles. The fourth-order valence-electron chi connectivity index (χ4n) is 2.22.